The van der Waals surface area contributed by atoms with Gasteiger partial charge < -0.3 is 14.5 Å². The van der Waals surface area contributed by atoms with Crippen LogP contribution >= 0.6 is 11.3 Å². The Morgan fingerprint density at radius 2 is 1.88 bits per heavy atom. The summed E-state index contributed by atoms with van der Waals surface area (Å²) in [6.07, 6.45) is 0. The minimum Gasteiger partial charge on any atom is -0.484 e. The number of para-hydroxylation sites is 1. The molecule has 2 aromatic heterocycles. The SMILES string of the molecule is C[C@@H](NC(=O)COc1ccc(N(C)S(=O)(=O)c2cccs2)cc1)c1cc2ccccc2o1. The lowest BCUT2D eigenvalue weighted by Gasteiger charge is -2.18. The number of furan rings is 1. The first kappa shape index (κ1) is 21.9. The molecule has 1 N–H and O–H groups in total. The molecule has 2 aromatic carbocycles. The van der Waals surface area contributed by atoms with Crippen LogP contribution in [0.3, 0.4) is 0 Å². The summed E-state index contributed by atoms with van der Waals surface area (Å²) in [7, 11) is -2.10. The van der Waals surface area contributed by atoms with E-state index < -0.39 is 10.0 Å². The number of sulfonamides is 1. The predicted octanol–water partition coefficient (Wildman–Crippen LogP) is 4.58. The monoisotopic (exact) mass is 470 g/mol. The number of ether oxygens (including phenoxy) is 1. The number of thiophene rings is 1. The quantitative estimate of drug-likeness (QED) is 0.407. The molecule has 0 unspecified atom stereocenters. The van der Waals surface area contributed by atoms with E-state index in [4.69, 9.17) is 9.15 Å². The van der Waals surface area contributed by atoms with Crippen LogP contribution < -0.4 is 14.4 Å². The fourth-order valence-electron chi connectivity index (χ4n) is 3.16. The molecule has 0 fully saturated rings. The van der Waals surface area contributed by atoms with Crippen LogP contribution in [0.4, 0.5) is 5.69 Å². The minimum atomic E-state index is -3.60. The van der Waals surface area contributed by atoms with Crippen LogP contribution in [-0.2, 0) is 14.8 Å². The molecule has 0 bridgehead atoms. The topological polar surface area (TPSA) is 88.9 Å². The lowest BCUT2D eigenvalue weighted by atomic mass is 10.2. The maximum Gasteiger partial charge on any atom is 0.273 e. The van der Waals surface area contributed by atoms with Crippen molar-refractivity contribution in [2.24, 2.45) is 0 Å². The Kier molecular flexibility index (Phi) is 6.20. The largest absolute Gasteiger partial charge is 0.484 e. The Bertz CT molecular complexity index is 1280. The molecule has 4 aromatic rings. The summed E-state index contributed by atoms with van der Waals surface area (Å²) >= 11 is 1.17. The van der Waals surface area contributed by atoms with Crippen LogP contribution in [0.1, 0.15) is 18.7 Å². The average Bonchev–Trinajstić information content (AvgIpc) is 3.48. The molecule has 0 aliphatic heterocycles. The fourth-order valence-corrected chi connectivity index (χ4v) is 5.51. The van der Waals surface area contributed by atoms with Crippen LogP contribution in [0.5, 0.6) is 5.75 Å². The smallest absolute Gasteiger partial charge is 0.273 e. The molecule has 32 heavy (non-hydrogen) atoms. The number of nitrogens with one attached hydrogen (secondary N) is 1. The van der Waals surface area contributed by atoms with Crippen molar-refractivity contribution in [3.63, 3.8) is 0 Å². The second kappa shape index (κ2) is 9.05. The van der Waals surface area contributed by atoms with E-state index in [0.29, 0.717) is 17.2 Å². The van der Waals surface area contributed by atoms with Crippen molar-refractivity contribution in [2.75, 3.05) is 18.0 Å². The molecule has 166 valence electrons. The Balaban J connectivity index is 1.33. The lowest BCUT2D eigenvalue weighted by molar-refractivity contribution is -0.123. The maximum absolute atomic E-state index is 12.6. The Morgan fingerprint density at radius 3 is 2.56 bits per heavy atom. The van der Waals surface area contributed by atoms with Gasteiger partial charge in [-0.2, -0.15) is 0 Å². The Morgan fingerprint density at radius 1 is 1.12 bits per heavy atom. The Hall–Kier alpha value is -3.30. The highest BCUT2D eigenvalue weighted by molar-refractivity contribution is 7.94. The highest BCUT2D eigenvalue weighted by Crippen LogP contribution is 2.27. The van der Waals surface area contributed by atoms with Gasteiger partial charge in [-0.15, -0.1) is 11.3 Å². The van der Waals surface area contributed by atoms with E-state index >= 15 is 0 Å². The van der Waals surface area contributed by atoms with E-state index in [0.717, 1.165) is 11.0 Å². The van der Waals surface area contributed by atoms with Gasteiger partial charge in [0.25, 0.3) is 15.9 Å². The molecule has 0 saturated heterocycles. The third-order valence-electron chi connectivity index (χ3n) is 4.93. The molecular formula is C23H22N2O5S2. The van der Waals surface area contributed by atoms with Gasteiger partial charge in [-0.05, 0) is 54.8 Å². The van der Waals surface area contributed by atoms with Gasteiger partial charge in [0.1, 0.15) is 21.3 Å². The third kappa shape index (κ3) is 4.63. The molecule has 2 heterocycles. The van der Waals surface area contributed by atoms with Crippen molar-refractivity contribution in [3.8, 4) is 5.75 Å². The summed E-state index contributed by atoms with van der Waals surface area (Å²) in [6.45, 7) is 1.67. The molecule has 0 saturated carbocycles. The molecule has 9 heteroatoms. The summed E-state index contributed by atoms with van der Waals surface area (Å²) in [5.74, 6) is 0.834. The zero-order valence-corrected chi connectivity index (χ0v) is 19.2. The van der Waals surface area contributed by atoms with Crippen LogP contribution in [0, 0.1) is 0 Å². The van der Waals surface area contributed by atoms with Gasteiger partial charge in [0, 0.05) is 12.4 Å². The van der Waals surface area contributed by atoms with Crippen LogP contribution in [0.25, 0.3) is 11.0 Å². The van der Waals surface area contributed by atoms with Crippen LogP contribution in [0.15, 0.2) is 80.7 Å². The molecule has 1 atom stereocenters. The van der Waals surface area contributed by atoms with Crippen molar-refractivity contribution in [1.29, 1.82) is 0 Å². The van der Waals surface area contributed by atoms with E-state index in [9.17, 15) is 13.2 Å². The van der Waals surface area contributed by atoms with E-state index in [-0.39, 0.29) is 22.8 Å². The standard InChI is InChI=1S/C23H22N2O5S2/c1-16(21-14-17-6-3-4-7-20(17)30-21)24-22(26)15-29-19-11-9-18(10-12-19)25(2)32(27,28)23-8-5-13-31-23/h3-14,16H,15H2,1-2H3,(H,24,26)/t16-/m1/s1. The lowest BCUT2D eigenvalue weighted by Crippen LogP contribution is -2.31. The van der Waals surface area contributed by atoms with Gasteiger partial charge in [-0.1, -0.05) is 24.3 Å². The zero-order valence-electron chi connectivity index (χ0n) is 17.5. The van der Waals surface area contributed by atoms with Crippen molar-refractivity contribution in [3.05, 3.63) is 77.9 Å². The maximum atomic E-state index is 12.6. The van der Waals surface area contributed by atoms with Gasteiger partial charge in [-0.3, -0.25) is 9.10 Å². The van der Waals surface area contributed by atoms with E-state index in [1.165, 1.54) is 22.7 Å². The summed E-state index contributed by atoms with van der Waals surface area (Å²) < 4.78 is 38.0. The number of fused-ring (bicyclic) bond motifs is 1. The molecule has 0 radical (unpaired) electrons. The zero-order chi connectivity index (χ0) is 22.7. The van der Waals surface area contributed by atoms with Gasteiger partial charge in [0.2, 0.25) is 0 Å². The fraction of sp³-hybridized carbons (Fsp3) is 0.174. The van der Waals surface area contributed by atoms with Gasteiger partial charge in [-0.25, -0.2) is 8.42 Å². The molecule has 0 aliphatic rings. The predicted molar refractivity (Wildman–Crippen MR) is 125 cm³/mol. The summed E-state index contributed by atoms with van der Waals surface area (Å²) in [5, 5.41) is 5.55. The van der Waals surface area contributed by atoms with Gasteiger partial charge in [0.15, 0.2) is 6.61 Å². The third-order valence-corrected chi connectivity index (χ3v) is 8.09. The van der Waals surface area contributed by atoms with Crippen molar-refractivity contribution in [2.45, 2.75) is 17.2 Å². The number of benzene rings is 2. The molecule has 4 rings (SSSR count). The first-order valence-corrected chi connectivity index (χ1v) is 12.2. The number of nitrogens with zero attached hydrogens (tertiary/aromatic N) is 1. The van der Waals surface area contributed by atoms with Crippen molar-refractivity contribution >= 4 is 43.9 Å². The number of hydrogen-bond donors (Lipinski definition) is 1. The number of rotatable bonds is 8. The van der Waals surface area contributed by atoms with E-state index in [1.807, 2.05) is 37.3 Å². The second-order valence-electron chi connectivity index (χ2n) is 7.16. The molecule has 1 amide bonds. The van der Waals surface area contributed by atoms with E-state index in [1.54, 1.807) is 41.8 Å². The first-order valence-electron chi connectivity index (χ1n) is 9.88. The molecule has 7 nitrogen and oxygen atoms in total. The van der Waals surface area contributed by atoms with Crippen LogP contribution in [-0.4, -0.2) is 28.0 Å². The minimum absolute atomic E-state index is 0.173. The van der Waals surface area contributed by atoms with Gasteiger partial charge in [0.05, 0.1) is 11.7 Å². The molecule has 0 aliphatic carbocycles. The normalized spacial score (nSPS) is 12.4. The highest BCUT2D eigenvalue weighted by Gasteiger charge is 2.22. The summed E-state index contributed by atoms with van der Waals surface area (Å²) in [5.41, 5.74) is 1.26. The van der Waals surface area contributed by atoms with Gasteiger partial charge >= 0.3 is 0 Å². The van der Waals surface area contributed by atoms with Crippen LogP contribution in [0.2, 0.25) is 0 Å². The molecular weight excluding hydrogens is 448 g/mol. The number of amides is 1. The number of carbonyl (C=O) groups is 1. The van der Waals surface area contributed by atoms with E-state index in [2.05, 4.69) is 5.32 Å². The summed E-state index contributed by atoms with van der Waals surface area (Å²) in [6, 6.07) is 19.0. The molecule has 0 spiro atoms. The second-order valence-corrected chi connectivity index (χ2v) is 10.3. The summed E-state index contributed by atoms with van der Waals surface area (Å²) in [4.78, 5) is 12.3. The number of anilines is 1. The van der Waals surface area contributed by atoms with Crippen molar-refractivity contribution < 1.29 is 22.4 Å². The highest BCUT2D eigenvalue weighted by atomic mass is 32.2. The van der Waals surface area contributed by atoms with Crippen molar-refractivity contribution in [1.82, 2.24) is 5.32 Å². The number of hydrogen-bond acceptors (Lipinski definition) is 6. The number of carbonyl (C=O) groups excluding carboxylic acids is 1. The average molecular weight is 471 g/mol. The first-order chi connectivity index (χ1) is 15.3. The Labute approximate surface area is 190 Å².